The van der Waals surface area contributed by atoms with Crippen molar-refractivity contribution < 1.29 is 28.7 Å². The van der Waals surface area contributed by atoms with Crippen molar-refractivity contribution in [2.24, 2.45) is 5.73 Å². The number of hydrogen-bond acceptors (Lipinski definition) is 10. The fourth-order valence-electron chi connectivity index (χ4n) is 3.42. The zero-order valence-corrected chi connectivity index (χ0v) is 17.1. The number of carbonyl (C=O) groups excluding carboxylic acids is 1. The average molecular weight is 453 g/mol. The Morgan fingerprint density at radius 3 is 2.65 bits per heavy atom. The summed E-state index contributed by atoms with van der Waals surface area (Å²) in [6.07, 6.45) is -1.44. The van der Waals surface area contributed by atoms with Crippen LogP contribution in [0.2, 0.25) is 0 Å². The molecule has 0 saturated carbocycles. The number of hydrogen-bond donors (Lipinski definition) is 1. The van der Waals surface area contributed by atoms with Crippen molar-refractivity contribution in [1.82, 2.24) is 0 Å². The lowest BCUT2D eigenvalue weighted by Crippen LogP contribution is -2.46. The molecule has 166 valence electrons. The van der Waals surface area contributed by atoms with Crippen LogP contribution in [0, 0.1) is 15.9 Å². The summed E-state index contributed by atoms with van der Waals surface area (Å²) < 4.78 is 19.5. The number of rotatable bonds is 6. The van der Waals surface area contributed by atoms with Gasteiger partial charge in [0.15, 0.2) is 0 Å². The van der Waals surface area contributed by atoms with E-state index in [0.717, 1.165) is 16.3 Å². The number of halogens is 1. The number of thiophene rings is 1. The largest absolute Gasteiger partial charge is 0.447 e. The lowest BCUT2D eigenvalue weighted by atomic mass is 10.2. The van der Waals surface area contributed by atoms with Crippen molar-refractivity contribution in [3.8, 4) is 0 Å². The van der Waals surface area contributed by atoms with Crippen molar-refractivity contribution in [2.75, 3.05) is 54.2 Å². The molecule has 13 heteroatoms. The number of nitrogens with two attached hydrogens (primary N) is 1. The summed E-state index contributed by atoms with van der Waals surface area (Å²) in [5.41, 5.74) is 5.86. The van der Waals surface area contributed by atoms with E-state index in [1.54, 1.807) is 18.2 Å². The molecule has 1 atom stereocenters. The van der Waals surface area contributed by atoms with Crippen LogP contribution in [-0.2, 0) is 14.6 Å². The van der Waals surface area contributed by atoms with Gasteiger partial charge in [-0.2, -0.15) is 0 Å². The third kappa shape index (κ3) is 4.78. The van der Waals surface area contributed by atoms with E-state index in [4.69, 9.17) is 15.6 Å². The molecule has 0 unspecified atom stereocenters. The minimum atomic E-state index is -0.908. The molecule has 2 fully saturated rings. The lowest BCUT2D eigenvalue weighted by molar-refractivity contribution is -0.380. The standard InChI is InChI=1S/C18H20FN5O6S/c19-14-9-12(23-10-13(29-30-23)11-28-18(20)25)1-2-15(14)21-5-7-22(8-6-21)16-3-4-17(31-16)24(26)27/h1-4,9,13H,5-8,10-11H2,(H2,20,25)/t13-/m0/s1. The predicted octanol–water partition coefficient (Wildman–Crippen LogP) is 2.27. The summed E-state index contributed by atoms with van der Waals surface area (Å²) in [4.78, 5) is 35.3. The van der Waals surface area contributed by atoms with E-state index in [0.29, 0.717) is 37.6 Å². The van der Waals surface area contributed by atoms with E-state index < -0.39 is 22.9 Å². The van der Waals surface area contributed by atoms with Gasteiger partial charge in [0.05, 0.1) is 27.8 Å². The topological polar surface area (TPSA) is 124 Å². The first-order valence-corrected chi connectivity index (χ1v) is 10.3. The Morgan fingerprint density at radius 1 is 1.26 bits per heavy atom. The third-order valence-electron chi connectivity index (χ3n) is 4.96. The Bertz CT molecular complexity index is 967. The molecule has 0 spiro atoms. The van der Waals surface area contributed by atoms with Gasteiger partial charge in [-0.3, -0.25) is 10.1 Å². The van der Waals surface area contributed by atoms with Crippen LogP contribution in [0.5, 0.6) is 0 Å². The molecule has 2 aliphatic rings. The number of ether oxygens (including phenoxy) is 1. The highest BCUT2D eigenvalue weighted by Gasteiger charge is 2.28. The van der Waals surface area contributed by atoms with Crippen molar-refractivity contribution in [1.29, 1.82) is 0 Å². The Hall–Kier alpha value is -3.16. The van der Waals surface area contributed by atoms with E-state index in [1.165, 1.54) is 17.2 Å². The zero-order valence-electron chi connectivity index (χ0n) is 16.3. The van der Waals surface area contributed by atoms with Gasteiger partial charge in [0.25, 0.3) is 0 Å². The number of primary amides is 1. The smallest absolute Gasteiger partial charge is 0.404 e. The molecule has 4 rings (SSSR count). The van der Waals surface area contributed by atoms with Crippen molar-refractivity contribution in [3.05, 3.63) is 46.3 Å². The molecule has 11 nitrogen and oxygen atoms in total. The highest BCUT2D eigenvalue weighted by atomic mass is 32.1. The number of amides is 1. The maximum absolute atomic E-state index is 14.8. The van der Waals surface area contributed by atoms with Gasteiger partial charge in [-0.1, -0.05) is 0 Å². The van der Waals surface area contributed by atoms with Gasteiger partial charge in [0, 0.05) is 38.3 Å². The second-order valence-electron chi connectivity index (χ2n) is 6.96. The van der Waals surface area contributed by atoms with E-state index in [-0.39, 0.29) is 18.2 Å². The quantitative estimate of drug-likeness (QED) is 0.398. The van der Waals surface area contributed by atoms with E-state index in [1.807, 2.05) is 4.90 Å². The number of benzene rings is 1. The van der Waals surface area contributed by atoms with Crippen molar-refractivity contribution in [3.63, 3.8) is 0 Å². The molecule has 1 amide bonds. The Morgan fingerprint density at radius 2 is 2.00 bits per heavy atom. The monoisotopic (exact) mass is 453 g/mol. The highest BCUT2D eigenvalue weighted by Crippen LogP contribution is 2.33. The normalized spacial score (nSPS) is 19.0. The van der Waals surface area contributed by atoms with E-state index in [9.17, 15) is 19.3 Å². The average Bonchev–Trinajstić information content (AvgIpc) is 3.42. The van der Waals surface area contributed by atoms with Crippen LogP contribution < -0.4 is 20.6 Å². The fourth-order valence-corrected chi connectivity index (χ4v) is 4.30. The van der Waals surface area contributed by atoms with Crippen molar-refractivity contribution in [2.45, 2.75) is 6.10 Å². The lowest BCUT2D eigenvalue weighted by Gasteiger charge is -2.36. The van der Waals surface area contributed by atoms with E-state index in [2.05, 4.69) is 9.64 Å². The molecule has 3 heterocycles. The third-order valence-corrected chi connectivity index (χ3v) is 6.06. The molecule has 2 N–H and O–H groups in total. The van der Waals surface area contributed by atoms with E-state index >= 15 is 0 Å². The van der Waals surface area contributed by atoms with Crippen molar-refractivity contribution >= 4 is 38.8 Å². The molecule has 2 saturated heterocycles. The second-order valence-corrected chi connectivity index (χ2v) is 8.00. The molecule has 2 aromatic rings. The number of carbonyl (C=O) groups is 1. The molecular formula is C18H20FN5O6S. The maximum Gasteiger partial charge on any atom is 0.404 e. The SMILES string of the molecule is NC(=O)OC[C@@H]1CN(c2ccc(N3CCN(c4ccc([N+](=O)[O-])s4)CC3)c(F)c2)OO1. The Labute approximate surface area is 180 Å². The minimum Gasteiger partial charge on any atom is -0.447 e. The van der Waals surface area contributed by atoms with Crippen LogP contribution in [0.15, 0.2) is 30.3 Å². The predicted molar refractivity (Wildman–Crippen MR) is 111 cm³/mol. The summed E-state index contributed by atoms with van der Waals surface area (Å²) >= 11 is 1.14. The van der Waals surface area contributed by atoms with Crippen LogP contribution in [0.3, 0.4) is 0 Å². The number of nitro groups is 1. The maximum atomic E-state index is 14.8. The van der Waals surface area contributed by atoms with Crippen LogP contribution in [0.4, 0.5) is 30.6 Å². The fraction of sp³-hybridized carbons (Fsp3) is 0.389. The molecule has 0 radical (unpaired) electrons. The summed E-state index contributed by atoms with van der Waals surface area (Å²) in [7, 11) is 0. The number of nitrogens with zero attached hydrogens (tertiary/aromatic N) is 4. The number of hydroxylamine groups is 1. The van der Waals surface area contributed by atoms with Crippen LogP contribution >= 0.6 is 11.3 Å². The second kappa shape index (κ2) is 8.91. The van der Waals surface area contributed by atoms with Gasteiger partial charge in [-0.15, -0.1) is 4.99 Å². The van der Waals surface area contributed by atoms with Gasteiger partial charge in [0.1, 0.15) is 18.5 Å². The molecule has 0 aliphatic carbocycles. The molecule has 2 aliphatic heterocycles. The molecule has 31 heavy (non-hydrogen) atoms. The summed E-state index contributed by atoms with van der Waals surface area (Å²) in [5, 5.41) is 13.2. The minimum absolute atomic E-state index is 0.0654. The Kier molecular flexibility index (Phi) is 6.06. The van der Waals surface area contributed by atoms with Gasteiger partial charge in [0.2, 0.25) is 0 Å². The summed E-state index contributed by atoms with van der Waals surface area (Å²) in [6.45, 7) is 2.60. The first kappa shape index (κ1) is 21.1. The zero-order chi connectivity index (χ0) is 22.0. The van der Waals surface area contributed by atoms with Gasteiger partial charge in [-0.25, -0.2) is 19.1 Å². The molecular weight excluding hydrogens is 433 g/mol. The molecule has 1 aromatic heterocycles. The summed E-state index contributed by atoms with van der Waals surface area (Å²) in [6, 6.07) is 7.99. The molecule has 0 bridgehead atoms. The first-order chi connectivity index (χ1) is 14.9. The highest BCUT2D eigenvalue weighted by molar-refractivity contribution is 7.19. The Balaban J connectivity index is 1.34. The van der Waals surface area contributed by atoms with Gasteiger partial charge in [-0.05, 0) is 29.5 Å². The van der Waals surface area contributed by atoms with Gasteiger partial charge >= 0.3 is 11.1 Å². The van der Waals surface area contributed by atoms with Crippen LogP contribution in [0.25, 0.3) is 0 Å². The number of piperazine rings is 1. The van der Waals surface area contributed by atoms with Gasteiger partial charge < -0.3 is 20.3 Å². The number of anilines is 3. The molecule has 1 aromatic carbocycles. The summed E-state index contributed by atoms with van der Waals surface area (Å²) in [5.74, 6) is -0.404. The van der Waals surface area contributed by atoms with Crippen LogP contribution in [0.1, 0.15) is 0 Å². The van der Waals surface area contributed by atoms with Crippen LogP contribution in [-0.4, -0.2) is 56.5 Å². The first-order valence-electron chi connectivity index (χ1n) is 9.47.